The molecule has 0 bridgehead atoms. The van der Waals surface area contributed by atoms with Crippen LogP contribution in [0.15, 0.2) is 12.4 Å². The molecule has 29 heavy (non-hydrogen) atoms. The fourth-order valence-electron chi connectivity index (χ4n) is 4.75. The van der Waals surface area contributed by atoms with E-state index in [0.717, 1.165) is 0 Å². The molecule has 0 amide bonds. The zero-order valence-corrected chi connectivity index (χ0v) is 20.6. The van der Waals surface area contributed by atoms with Gasteiger partial charge in [0, 0.05) is 25.5 Å². The molecule has 0 N–H and O–H groups in total. The minimum atomic E-state index is 0.592. The standard InChI is InChI=1S/C27H54N2/c1-5-7-9-11-12-13-14-15-16-17-19-21-23-29-25-24-28(27(29)26(3)4)22-20-18-10-8-6-2/h24-27H,5-23H2,1-4H3. The average Bonchev–Trinajstić information content (AvgIpc) is 3.11. The van der Waals surface area contributed by atoms with E-state index in [1.54, 1.807) is 0 Å². The van der Waals surface area contributed by atoms with Gasteiger partial charge in [-0.3, -0.25) is 0 Å². The molecular formula is C27H54N2. The molecule has 1 heterocycles. The summed E-state index contributed by atoms with van der Waals surface area (Å²) in [6, 6.07) is 0. The molecule has 1 rings (SSSR count). The highest BCUT2D eigenvalue weighted by Crippen LogP contribution is 2.24. The van der Waals surface area contributed by atoms with Crippen LogP contribution in [0.3, 0.4) is 0 Å². The van der Waals surface area contributed by atoms with Crippen molar-refractivity contribution in [1.29, 1.82) is 0 Å². The van der Waals surface area contributed by atoms with Crippen LogP contribution in [0.1, 0.15) is 137 Å². The Morgan fingerprint density at radius 3 is 1.14 bits per heavy atom. The Morgan fingerprint density at radius 2 is 0.828 bits per heavy atom. The monoisotopic (exact) mass is 406 g/mol. The first-order chi connectivity index (χ1) is 14.2. The van der Waals surface area contributed by atoms with E-state index >= 15 is 0 Å². The van der Waals surface area contributed by atoms with Gasteiger partial charge in [0.05, 0.1) is 0 Å². The summed E-state index contributed by atoms with van der Waals surface area (Å²) in [5.41, 5.74) is 0. The van der Waals surface area contributed by atoms with E-state index in [9.17, 15) is 0 Å². The van der Waals surface area contributed by atoms with E-state index in [1.165, 1.54) is 122 Å². The average molecular weight is 407 g/mol. The molecule has 0 aromatic carbocycles. The first-order valence-corrected chi connectivity index (χ1v) is 13.4. The fourth-order valence-corrected chi connectivity index (χ4v) is 4.75. The van der Waals surface area contributed by atoms with Crippen LogP contribution in [0.2, 0.25) is 0 Å². The summed E-state index contributed by atoms with van der Waals surface area (Å²) in [6.45, 7) is 11.8. The summed E-state index contributed by atoms with van der Waals surface area (Å²) in [7, 11) is 0. The normalized spacial score (nSPS) is 16.5. The highest BCUT2D eigenvalue weighted by atomic mass is 15.4. The van der Waals surface area contributed by atoms with E-state index < -0.39 is 0 Å². The van der Waals surface area contributed by atoms with Crippen LogP contribution in [0, 0.1) is 5.92 Å². The predicted molar refractivity (Wildman–Crippen MR) is 131 cm³/mol. The minimum Gasteiger partial charge on any atom is -0.356 e. The van der Waals surface area contributed by atoms with Gasteiger partial charge in [-0.05, 0) is 18.8 Å². The van der Waals surface area contributed by atoms with Gasteiger partial charge in [-0.2, -0.15) is 0 Å². The van der Waals surface area contributed by atoms with Crippen molar-refractivity contribution in [2.45, 2.75) is 143 Å². The molecule has 2 nitrogen and oxygen atoms in total. The molecule has 0 radical (unpaired) electrons. The van der Waals surface area contributed by atoms with Crippen molar-refractivity contribution in [2.24, 2.45) is 5.92 Å². The molecule has 0 saturated heterocycles. The number of nitrogens with zero attached hydrogens (tertiary/aromatic N) is 2. The minimum absolute atomic E-state index is 0.592. The Labute approximate surface area is 184 Å². The van der Waals surface area contributed by atoms with Gasteiger partial charge in [0.25, 0.3) is 0 Å². The van der Waals surface area contributed by atoms with Crippen molar-refractivity contribution in [3.8, 4) is 0 Å². The molecule has 0 fully saturated rings. The largest absolute Gasteiger partial charge is 0.356 e. The van der Waals surface area contributed by atoms with Crippen LogP contribution < -0.4 is 0 Å². The fraction of sp³-hybridized carbons (Fsp3) is 0.926. The van der Waals surface area contributed by atoms with Crippen LogP contribution >= 0.6 is 0 Å². The molecule has 172 valence electrons. The SMILES string of the molecule is CCCCCCCCCCCCCCN1C=CN(CCCCCCC)C1C(C)C. The zero-order valence-electron chi connectivity index (χ0n) is 20.6. The number of rotatable bonds is 20. The highest BCUT2D eigenvalue weighted by molar-refractivity contribution is 4.98. The molecule has 0 aromatic rings. The Hall–Kier alpha value is -0.660. The van der Waals surface area contributed by atoms with E-state index in [4.69, 9.17) is 0 Å². The van der Waals surface area contributed by atoms with E-state index in [0.29, 0.717) is 12.1 Å². The van der Waals surface area contributed by atoms with Gasteiger partial charge in [-0.15, -0.1) is 0 Å². The number of unbranched alkanes of at least 4 members (excludes halogenated alkanes) is 15. The maximum Gasteiger partial charge on any atom is 0.103 e. The van der Waals surface area contributed by atoms with Gasteiger partial charge in [-0.25, -0.2) is 0 Å². The lowest BCUT2D eigenvalue weighted by Gasteiger charge is -2.36. The van der Waals surface area contributed by atoms with Crippen LogP contribution in [-0.2, 0) is 0 Å². The molecule has 0 spiro atoms. The number of hydrogen-bond donors (Lipinski definition) is 0. The smallest absolute Gasteiger partial charge is 0.103 e. The van der Waals surface area contributed by atoms with Crippen molar-refractivity contribution in [1.82, 2.24) is 9.80 Å². The first-order valence-electron chi connectivity index (χ1n) is 13.4. The van der Waals surface area contributed by atoms with E-state index in [2.05, 4.69) is 49.9 Å². The van der Waals surface area contributed by atoms with Gasteiger partial charge in [0.15, 0.2) is 0 Å². The van der Waals surface area contributed by atoms with Gasteiger partial charge >= 0.3 is 0 Å². The Morgan fingerprint density at radius 1 is 0.517 bits per heavy atom. The lowest BCUT2D eigenvalue weighted by atomic mass is 10.0. The molecule has 1 unspecified atom stereocenters. The van der Waals surface area contributed by atoms with E-state index in [1.807, 2.05) is 0 Å². The summed E-state index contributed by atoms with van der Waals surface area (Å²) in [4.78, 5) is 5.23. The Kier molecular flexibility index (Phi) is 16.5. The maximum absolute atomic E-state index is 2.62. The lowest BCUT2D eigenvalue weighted by Crippen LogP contribution is -2.43. The van der Waals surface area contributed by atoms with Crippen molar-refractivity contribution in [3.05, 3.63) is 12.4 Å². The highest BCUT2D eigenvalue weighted by Gasteiger charge is 2.28. The second-order valence-corrected chi connectivity index (χ2v) is 9.73. The molecule has 1 atom stereocenters. The lowest BCUT2D eigenvalue weighted by molar-refractivity contribution is 0.104. The topological polar surface area (TPSA) is 6.48 Å². The molecular weight excluding hydrogens is 352 g/mol. The molecule has 2 heteroatoms. The number of hydrogen-bond acceptors (Lipinski definition) is 2. The van der Waals surface area contributed by atoms with Gasteiger partial charge in [0.1, 0.15) is 6.17 Å². The zero-order chi connectivity index (χ0) is 21.2. The third kappa shape index (κ3) is 12.6. The second-order valence-electron chi connectivity index (χ2n) is 9.73. The molecule has 0 aliphatic carbocycles. The van der Waals surface area contributed by atoms with Crippen LogP contribution in [0.25, 0.3) is 0 Å². The van der Waals surface area contributed by atoms with Crippen LogP contribution in [0.5, 0.6) is 0 Å². The molecule has 0 saturated carbocycles. The first kappa shape index (κ1) is 26.4. The van der Waals surface area contributed by atoms with Gasteiger partial charge in [-0.1, -0.05) is 124 Å². The van der Waals surface area contributed by atoms with Crippen molar-refractivity contribution in [3.63, 3.8) is 0 Å². The van der Waals surface area contributed by atoms with Crippen LogP contribution in [0.4, 0.5) is 0 Å². The maximum atomic E-state index is 2.62. The summed E-state index contributed by atoms with van der Waals surface area (Å²) in [5.74, 6) is 0.693. The van der Waals surface area contributed by atoms with Crippen molar-refractivity contribution >= 4 is 0 Å². The van der Waals surface area contributed by atoms with E-state index in [-0.39, 0.29) is 0 Å². The summed E-state index contributed by atoms with van der Waals surface area (Å²) in [5, 5.41) is 0. The van der Waals surface area contributed by atoms with Crippen LogP contribution in [-0.4, -0.2) is 29.1 Å². The van der Waals surface area contributed by atoms with Crippen molar-refractivity contribution < 1.29 is 0 Å². The van der Waals surface area contributed by atoms with Crippen molar-refractivity contribution in [2.75, 3.05) is 13.1 Å². The summed E-state index contributed by atoms with van der Waals surface area (Å²) >= 11 is 0. The third-order valence-electron chi connectivity index (χ3n) is 6.52. The van der Waals surface area contributed by atoms with Gasteiger partial charge in [0.2, 0.25) is 0 Å². The second kappa shape index (κ2) is 18.1. The molecule has 0 aromatic heterocycles. The summed E-state index contributed by atoms with van der Waals surface area (Å²) in [6.07, 6.45) is 29.4. The third-order valence-corrected chi connectivity index (χ3v) is 6.52. The van der Waals surface area contributed by atoms with Gasteiger partial charge < -0.3 is 9.80 Å². The quantitative estimate of drug-likeness (QED) is 0.186. The predicted octanol–water partition coefficient (Wildman–Crippen LogP) is 8.73. The summed E-state index contributed by atoms with van der Waals surface area (Å²) < 4.78 is 0. The Balaban J connectivity index is 2.05. The Bertz CT molecular complexity index is 377. The molecule has 1 aliphatic rings. The molecule has 1 aliphatic heterocycles.